The fraction of sp³-hybridized carbons (Fsp3) is 0.500. The number of hydrogen-bond donors (Lipinski definition) is 1. The Morgan fingerprint density at radius 3 is 2.38 bits per heavy atom. The second-order valence-electron chi connectivity index (χ2n) is 6.42. The van der Waals surface area contributed by atoms with Gasteiger partial charge in [0.15, 0.2) is 0 Å². The van der Waals surface area contributed by atoms with Gasteiger partial charge in [0.05, 0.1) is 5.92 Å². The third-order valence-corrected chi connectivity index (χ3v) is 4.94. The van der Waals surface area contributed by atoms with E-state index in [1.54, 1.807) is 9.80 Å². The van der Waals surface area contributed by atoms with Crippen LogP contribution in [0.2, 0.25) is 0 Å². The minimum absolute atomic E-state index is 0.0197. The van der Waals surface area contributed by atoms with Crippen molar-refractivity contribution in [2.45, 2.75) is 32.1 Å². The fourth-order valence-corrected chi connectivity index (χ4v) is 3.48. The number of anilines is 1. The minimum atomic E-state index is -0.787. The summed E-state index contributed by atoms with van der Waals surface area (Å²) in [6.45, 7) is 1.61. The molecule has 0 aromatic heterocycles. The number of amides is 2. The lowest BCUT2D eigenvalue weighted by molar-refractivity contribution is -0.145. The van der Waals surface area contributed by atoms with Crippen molar-refractivity contribution in [3.05, 3.63) is 29.8 Å². The summed E-state index contributed by atoms with van der Waals surface area (Å²) in [5.41, 5.74) is 2.13. The van der Waals surface area contributed by atoms with Crippen LogP contribution in [0.4, 0.5) is 5.69 Å². The highest BCUT2D eigenvalue weighted by Gasteiger charge is 2.28. The van der Waals surface area contributed by atoms with Gasteiger partial charge in [0.2, 0.25) is 11.8 Å². The number of rotatable bonds is 4. The number of carboxylic acid groups (broad SMARTS) is 1. The van der Waals surface area contributed by atoms with E-state index in [0.29, 0.717) is 32.5 Å². The molecule has 1 fully saturated rings. The highest BCUT2D eigenvalue weighted by atomic mass is 16.4. The number of carbonyl (C=O) groups excluding carboxylic acids is 2. The Morgan fingerprint density at radius 2 is 1.67 bits per heavy atom. The Labute approximate surface area is 141 Å². The number of para-hydroxylation sites is 1. The predicted octanol–water partition coefficient (Wildman–Crippen LogP) is 1.68. The molecule has 3 rings (SSSR count). The standard InChI is InChI=1S/C18H22N2O4/c21-16(19-10-7-14(8-11-19)18(23)24)5-6-17(22)20-12-9-13-3-1-2-4-15(13)20/h1-4,14H,5-12H2,(H,23,24). The van der Waals surface area contributed by atoms with Crippen molar-refractivity contribution in [3.8, 4) is 0 Å². The van der Waals surface area contributed by atoms with E-state index in [1.165, 1.54) is 5.56 Å². The van der Waals surface area contributed by atoms with E-state index in [2.05, 4.69) is 0 Å². The van der Waals surface area contributed by atoms with Gasteiger partial charge >= 0.3 is 5.97 Å². The van der Waals surface area contributed by atoms with E-state index in [4.69, 9.17) is 5.11 Å². The third-order valence-electron chi connectivity index (χ3n) is 4.94. The van der Waals surface area contributed by atoms with Crippen LogP contribution in [0.25, 0.3) is 0 Å². The molecule has 128 valence electrons. The quantitative estimate of drug-likeness (QED) is 0.911. The van der Waals surface area contributed by atoms with Crippen LogP contribution in [-0.4, -0.2) is 47.4 Å². The Morgan fingerprint density at radius 1 is 1.00 bits per heavy atom. The normalized spacial score (nSPS) is 17.7. The zero-order valence-corrected chi connectivity index (χ0v) is 13.6. The van der Waals surface area contributed by atoms with Crippen molar-refractivity contribution in [3.63, 3.8) is 0 Å². The maximum absolute atomic E-state index is 12.4. The monoisotopic (exact) mass is 330 g/mol. The third kappa shape index (κ3) is 3.42. The lowest BCUT2D eigenvalue weighted by Gasteiger charge is -2.30. The number of nitrogens with zero attached hydrogens (tertiary/aromatic N) is 2. The molecule has 0 spiro atoms. The molecule has 1 N–H and O–H groups in total. The van der Waals surface area contributed by atoms with Crippen LogP contribution < -0.4 is 4.90 Å². The van der Waals surface area contributed by atoms with Gasteiger partial charge in [-0.3, -0.25) is 14.4 Å². The summed E-state index contributed by atoms with van der Waals surface area (Å²) in [4.78, 5) is 39.0. The highest BCUT2D eigenvalue weighted by molar-refractivity contribution is 5.97. The first-order chi connectivity index (χ1) is 11.6. The van der Waals surface area contributed by atoms with Crippen LogP contribution in [0.15, 0.2) is 24.3 Å². The first-order valence-corrected chi connectivity index (χ1v) is 8.45. The summed E-state index contributed by atoms with van der Waals surface area (Å²) < 4.78 is 0. The van der Waals surface area contributed by atoms with Gasteiger partial charge < -0.3 is 14.9 Å². The molecule has 2 heterocycles. The minimum Gasteiger partial charge on any atom is -0.481 e. The predicted molar refractivity (Wildman–Crippen MR) is 88.7 cm³/mol. The molecule has 0 radical (unpaired) electrons. The molecule has 2 aliphatic rings. The van der Waals surface area contributed by atoms with Gasteiger partial charge in [-0.15, -0.1) is 0 Å². The molecule has 6 heteroatoms. The van der Waals surface area contributed by atoms with Crippen LogP contribution in [-0.2, 0) is 20.8 Å². The van der Waals surface area contributed by atoms with Crippen LogP contribution in [0, 0.1) is 5.92 Å². The summed E-state index contributed by atoms with van der Waals surface area (Å²) in [6.07, 6.45) is 2.24. The topological polar surface area (TPSA) is 77.9 Å². The largest absolute Gasteiger partial charge is 0.481 e. The maximum atomic E-state index is 12.4. The molecule has 2 aliphatic heterocycles. The van der Waals surface area contributed by atoms with E-state index in [-0.39, 0.29) is 30.6 Å². The van der Waals surface area contributed by atoms with Crippen molar-refractivity contribution in [2.24, 2.45) is 5.92 Å². The lowest BCUT2D eigenvalue weighted by Crippen LogP contribution is -2.40. The van der Waals surface area contributed by atoms with Gasteiger partial charge in [-0.25, -0.2) is 0 Å². The number of fused-ring (bicyclic) bond motifs is 1. The molecule has 6 nitrogen and oxygen atoms in total. The van der Waals surface area contributed by atoms with Crippen molar-refractivity contribution >= 4 is 23.5 Å². The van der Waals surface area contributed by atoms with E-state index in [0.717, 1.165) is 12.1 Å². The lowest BCUT2D eigenvalue weighted by atomic mass is 9.97. The van der Waals surface area contributed by atoms with Crippen molar-refractivity contribution < 1.29 is 19.5 Å². The SMILES string of the molecule is O=C(O)C1CCN(C(=O)CCC(=O)N2CCc3ccccc32)CC1. The molecule has 2 amide bonds. The second-order valence-corrected chi connectivity index (χ2v) is 6.42. The summed E-state index contributed by atoms with van der Waals surface area (Å²) in [5.74, 6) is -1.21. The highest BCUT2D eigenvalue weighted by Crippen LogP contribution is 2.28. The van der Waals surface area contributed by atoms with E-state index >= 15 is 0 Å². The molecule has 1 saturated heterocycles. The summed E-state index contributed by atoms with van der Waals surface area (Å²) in [6, 6.07) is 7.86. The molecular formula is C18H22N2O4. The van der Waals surface area contributed by atoms with Gasteiger partial charge in [-0.2, -0.15) is 0 Å². The van der Waals surface area contributed by atoms with Crippen molar-refractivity contribution in [1.29, 1.82) is 0 Å². The molecule has 24 heavy (non-hydrogen) atoms. The fourth-order valence-electron chi connectivity index (χ4n) is 3.48. The Kier molecular flexibility index (Phi) is 4.83. The van der Waals surface area contributed by atoms with E-state index in [1.807, 2.05) is 24.3 Å². The Bertz CT molecular complexity index is 650. The number of carbonyl (C=O) groups is 3. The van der Waals surface area contributed by atoms with Gasteiger partial charge in [0.1, 0.15) is 0 Å². The molecule has 1 aromatic carbocycles. The van der Waals surface area contributed by atoms with E-state index in [9.17, 15) is 14.4 Å². The number of aliphatic carboxylic acids is 1. The van der Waals surface area contributed by atoms with Crippen molar-refractivity contribution in [2.75, 3.05) is 24.5 Å². The first kappa shape index (κ1) is 16.5. The zero-order chi connectivity index (χ0) is 17.1. The summed E-state index contributed by atoms with van der Waals surface area (Å²) >= 11 is 0. The first-order valence-electron chi connectivity index (χ1n) is 8.45. The van der Waals surface area contributed by atoms with Gasteiger partial charge in [-0.05, 0) is 30.9 Å². The molecular weight excluding hydrogens is 308 g/mol. The number of carboxylic acids is 1. The van der Waals surface area contributed by atoms with Crippen molar-refractivity contribution in [1.82, 2.24) is 4.90 Å². The Hall–Kier alpha value is -2.37. The second kappa shape index (κ2) is 7.03. The maximum Gasteiger partial charge on any atom is 0.306 e. The summed E-state index contributed by atoms with van der Waals surface area (Å²) in [7, 11) is 0. The van der Waals surface area contributed by atoms with Crippen LogP contribution in [0.5, 0.6) is 0 Å². The molecule has 0 atom stereocenters. The van der Waals surface area contributed by atoms with Crippen LogP contribution in [0.3, 0.4) is 0 Å². The number of piperidine rings is 1. The number of benzene rings is 1. The van der Waals surface area contributed by atoms with Gasteiger partial charge in [0.25, 0.3) is 0 Å². The molecule has 0 unspecified atom stereocenters. The number of hydrogen-bond acceptors (Lipinski definition) is 3. The van der Waals surface area contributed by atoms with E-state index < -0.39 is 5.97 Å². The molecule has 0 aliphatic carbocycles. The van der Waals surface area contributed by atoms with Crippen LogP contribution in [0.1, 0.15) is 31.2 Å². The average Bonchev–Trinajstić information content (AvgIpc) is 3.03. The number of likely N-dealkylation sites (tertiary alicyclic amines) is 1. The molecule has 0 saturated carbocycles. The Balaban J connectivity index is 1.49. The van der Waals surface area contributed by atoms with Gasteiger partial charge in [-0.1, -0.05) is 18.2 Å². The smallest absolute Gasteiger partial charge is 0.306 e. The molecule has 0 bridgehead atoms. The van der Waals surface area contributed by atoms with Crippen LogP contribution >= 0.6 is 0 Å². The summed E-state index contributed by atoms with van der Waals surface area (Å²) in [5, 5.41) is 8.99. The average molecular weight is 330 g/mol. The zero-order valence-electron chi connectivity index (χ0n) is 13.6. The van der Waals surface area contributed by atoms with Gasteiger partial charge in [0, 0.05) is 38.2 Å². The molecule has 1 aromatic rings.